The first-order chi connectivity index (χ1) is 9.59. The Hall–Kier alpha value is -0.210. The van der Waals surface area contributed by atoms with Gasteiger partial charge in [0.2, 0.25) is 0 Å². The van der Waals surface area contributed by atoms with E-state index in [9.17, 15) is 8.42 Å². The van der Waals surface area contributed by atoms with E-state index in [0.29, 0.717) is 32.3 Å². The molecule has 3 aliphatic rings. The number of piperazine rings is 1. The summed E-state index contributed by atoms with van der Waals surface area (Å²) < 4.78 is 34.1. The summed E-state index contributed by atoms with van der Waals surface area (Å²) in [7, 11) is -1.59. The van der Waals surface area contributed by atoms with Gasteiger partial charge in [0, 0.05) is 52.0 Å². The van der Waals surface area contributed by atoms with Crippen molar-refractivity contribution in [3.63, 3.8) is 0 Å². The molecular weight excluding hydrogens is 278 g/mol. The largest absolute Gasteiger partial charge is 0.381 e. The summed E-state index contributed by atoms with van der Waals surface area (Å²) in [6.45, 7) is 4.64. The van der Waals surface area contributed by atoms with Crippen molar-refractivity contribution in [3.8, 4) is 0 Å². The van der Waals surface area contributed by atoms with E-state index in [2.05, 4.69) is 4.90 Å². The van der Waals surface area contributed by atoms with Crippen molar-refractivity contribution < 1.29 is 13.2 Å². The Balaban J connectivity index is 1.67. The third kappa shape index (κ3) is 2.74. The average molecular weight is 303 g/mol. The molecule has 3 fully saturated rings. The van der Waals surface area contributed by atoms with Gasteiger partial charge in [-0.15, -0.1) is 0 Å². The molecule has 6 nitrogen and oxygen atoms in total. The van der Waals surface area contributed by atoms with Gasteiger partial charge in [0.15, 0.2) is 0 Å². The monoisotopic (exact) mass is 303 g/mol. The number of hydrogen-bond donors (Lipinski definition) is 0. The number of nitrogens with zero attached hydrogens (tertiary/aromatic N) is 3. The third-order valence-corrected chi connectivity index (χ3v) is 6.96. The van der Waals surface area contributed by atoms with E-state index in [1.54, 1.807) is 15.7 Å². The van der Waals surface area contributed by atoms with Crippen LogP contribution in [0.3, 0.4) is 0 Å². The fraction of sp³-hybridized carbons (Fsp3) is 1.00. The van der Waals surface area contributed by atoms with Crippen LogP contribution < -0.4 is 0 Å². The van der Waals surface area contributed by atoms with Gasteiger partial charge in [-0.2, -0.15) is 17.0 Å². The van der Waals surface area contributed by atoms with Crippen LogP contribution in [-0.2, 0) is 14.9 Å². The summed E-state index contributed by atoms with van der Waals surface area (Å²) in [6, 6.07) is 0.525. The molecule has 0 unspecified atom stereocenters. The molecule has 3 heterocycles. The van der Waals surface area contributed by atoms with Gasteiger partial charge in [-0.25, -0.2) is 0 Å². The minimum Gasteiger partial charge on any atom is -0.381 e. The van der Waals surface area contributed by atoms with E-state index < -0.39 is 10.2 Å². The summed E-state index contributed by atoms with van der Waals surface area (Å²) in [6.07, 6.45) is 3.94. The SMILES string of the molecule is CN(C1CCOCC1)S(=O)(=O)N1CCN2CCC[C@@H]2C1. The minimum atomic E-state index is -3.32. The van der Waals surface area contributed by atoms with Crippen molar-refractivity contribution in [3.05, 3.63) is 0 Å². The average Bonchev–Trinajstić information content (AvgIpc) is 2.94. The van der Waals surface area contributed by atoms with E-state index in [0.717, 1.165) is 32.4 Å². The molecule has 3 saturated heterocycles. The normalized spacial score (nSPS) is 30.8. The maximum absolute atomic E-state index is 12.8. The Kier molecular flexibility index (Phi) is 4.33. The molecule has 0 aliphatic carbocycles. The second-order valence-electron chi connectivity index (χ2n) is 6.06. The predicted molar refractivity (Wildman–Crippen MR) is 76.7 cm³/mol. The van der Waals surface area contributed by atoms with Crippen LogP contribution in [0.25, 0.3) is 0 Å². The molecule has 0 bridgehead atoms. The maximum Gasteiger partial charge on any atom is 0.282 e. The lowest BCUT2D eigenvalue weighted by atomic mass is 10.1. The van der Waals surface area contributed by atoms with Crippen LogP contribution in [0.15, 0.2) is 0 Å². The maximum atomic E-state index is 12.8. The minimum absolute atomic E-state index is 0.0929. The van der Waals surface area contributed by atoms with E-state index in [4.69, 9.17) is 4.74 Å². The van der Waals surface area contributed by atoms with Crippen LogP contribution in [0.2, 0.25) is 0 Å². The van der Waals surface area contributed by atoms with Gasteiger partial charge in [0.25, 0.3) is 10.2 Å². The van der Waals surface area contributed by atoms with Crippen molar-refractivity contribution in [2.45, 2.75) is 37.8 Å². The van der Waals surface area contributed by atoms with Crippen molar-refractivity contribution >= 4 is 10.2 Å². The third-order valence-electron chi connectivity index (χ3n) is 4.95. The molecule has 0 saturated carbocycles. The molecule has 0 amide bonds. The molecule has 0 spiro atoms. The van der Waals surface area contributed by atoms with Crippen LogP contribution >= 0.6 is 0 Å². The molecule has 1 atom stereocenters. The number of rotatable bonds is 3. The number of hydrogen-bond acceptors (Lipinski definition) is 4. The molecule has 0 N–H and O–H groups in total. The quantitative estimate of drug-likeness (QED) is 0.743. The van der Waals surface area contributed by atoms with E-state index in [1.807, 2.05) is 0 Å². The van der Waals surface area contributed by atoms with Crippen LogP contribution in [0.1, 0.15) is 25.7 Å². The highest BCUT2D eigenvalue weighted by Gasteiger charge is 2.39. The fourth-order valence-corrected chi connectivity index (χ4v) is 5.22. The van der Waals surface area contributed by atoms with Crippen molar-refractivity contribution in [2.75, 3.05) is 46.4 Å². The lowest BCUT2D eigenvalue weighted by Gasteiger charge is -2.40. The summed E-state index contributed by atoms with van der Waals surface area (Å²) in [5.74, 6) is 0. The highest BCUT2D eigenvalue weighted by Crippen LogP contribution is 2.25. The van der Waals surface area contributed by atoms with Crippen LogP contribution in [0.4, 0.5) is 0 Å². The zero-order valence-corrected chi connectivity index (χ0v) is 13.0. The molecule has 116 valence electrons. The summed E-state index contributed by atoms with van der Waals surface area (Å²) >= 11 is 0. The zero-order chi connectivity index (χ0) is 14.2. The highest BCUT2D eigenvalue weighted by atomic mass is 32.2. The number of ether oxygens (including phenoxy) is 1. The van der Waals surface area contributed by atoms with Crippen LogP contribution in [0, 0.1) is 0 Å². The molecule has 0 aromatic carbocycles. The van der Waals surface area contributed by atoms with E-state index >= 15 is 0 Å². The summed E-state index contributed by atoms with van der Waals surface area (Å²) in [4.78, 5) is 2.43. The number of fused-ring (bicyclic) bond motifs is 1. The Labute approximate surface area is 121 Å². The molecule has 3 aliphatic heterocycles. The van der Waals surface area contributed by atoms with Gasteiger partial charge in [-0.3, -0.25) is 4.90 Å². The predicted octanol–water partition coefficient (Wildman–Crippen LogP) is 0.122. The topological polar surface area (TPSA) is 53.1 Å². The van der Waals surface area contributed by atoms with Gasteiger partial charge >= 0.3 is 0 Å². The second kappa shape index (κ2) is 5.88. The summed E-state index contributed by atoms with van der Waals surface area (Å²) in [5.41, 5.74) is 0. The molecule has 0 aromatic rings. The second-order valence-corrected chi connectivity index (χ2v) is 8.05. The molecule has 20 heavy (non-hydrogen) atoms. The van der Waals surface area contributed by atoms with Crippen molar-refractivity contribution in [1.82, 2.24) is 13.5 Å². The Bertz CT molecular complexity index is 436. The van der Waals surface area contributed by atoms with E-state index in [1.165, 1.54) is 6.42 Å². The van der Waals surface area contributed by atoms with Gasteiger partial charge < -0.3 is 4.74 Å². The Morgan fingerprint density at radius 2 is 1.85 bits per heavy atom. The zero-order valence-electron chi connectivity index (χ0n) is 12.2. The van der Waals surface area contributed by atoms with Gasteiger partial charge in [0.05, 0.1) is 0 Å². The van der Waals surface area contributed by atoms with Gasteiger partial charge in [0.1, 0.15) is 0 Å². The molecule has 3 rings (SSSR count). The molecular formula is C13H25N3O3S. The van der Waals surface area contributed by atoms with Crippen LogP contribution in [-0.4, -0.2) is 80.5 Å². The first-order valence-corrected chi connectivity index (χ1v) is 9.03. The van der Waals surface area contributed by atoms with Gasteiger partial charge in [-0.05, 0) is 32.2 Å². The highest BCUT2D eigenvalue weighted by molar-refractivity contribution is 7.86. The van der Waals surface area contributed by atoms with Crippen molar-refractivity contribution in [1.29, 1.82) is 0 Å². The first-order valence-electron chi connectivity index (χ1n) is 7.64. The van der Waals surface area contributed by atoms with E-state index in [-0.39, 0.29) is 6.04 Å². The lowest BCUT2D eigenvalue weighted by molar-refractivity contribution is 0.0605. The molecule has 0 aromatic heterocycles. The standard InChI is InChI=1S/C13H25N3O3S/c1-14(12-4-9-19-10-5-12)20(17,18)16-8-7-15-6-2-3-13(15)11-16/h12-13H,2-11H2,1H3/t13-/m1/s1. The molecule has 0 radical (unpaired) electrons. The first kappa shape index (κ1) is 14.7. The fourth-order valence-electron chi connectivity index (χ4n) is 3.59. The van der Waals surface area contributed by atoms with Crippen LogP contribution in [0.5, 0.6) is 0 Å². The van der Waals surface area contributed by atoms with Gasteiger partial charge in [-0.1, -0.05) is 0 Å². The molecule has 7 heteroatoms. The Morgan fingerprint density at radius 3 is 2.60 bits per heavy atom. The smallest absolute Gasteiger partial charge is 0.282 e. The summed E-state index contributed by atoms with van der Waals surface area (Å²) in [5, 5.41) is 0. The Morgan fingerprint density at radius 1 is 1.10 bits per heavy atom. The lowest BCUT2D eigenvalue weighted by Crippen LogP contribution is -2.56. The van der Waals surface area contributed by atoms with Crippen molar-refractivity contribution in [2.24, 2.45) is 0 Å².